The number of fused-ring (bicyclic) bond motifs is 1. The van der Waals surface area contributed by atoms with Crippen molar-refractivity contribution in [1.82, 2.24) is 20.2 Å². The Bertz CT molecular complexity index is 1420. The number of aryl methyl sites for hydroxylation is 2. The van der Waals surface area contributed by atoms with Crippen LogP contribution in [0.5, 0.6) is 0 Å². The normalized spacial score (nSPS) is 11.7. The summed E-state index contributed by atoms with van der Waals surface area (Å²) >= 11 is 0. The molecule has 0 saturated heterocycles. The monoisotopic (exact) mass is 455 g/mol. The zero-order valence-electron chi connectivity index (χ0n) is 17.7. The van der Waals surface area contributed by atoms with E-state index in [9.17, 15) is 12.8 Å². The van der Waals surface area contributed by atoms with Crippen molar-refractivity contribution >= 4 is 44.1 Å². The predicted octanol–water partition coefficient (Wildman–Crippen LogP) is 3.41. The third-order valence-electron chi connectivity index (χ3n) is 5.13. The van der Waals surface area contributed by atoms with E-state index in [2.05, 4.69) is 25.5 Å². The van der Waals surface area contributed by atoms with Crippen LogP contribution in [-0.4, -0.2) is 35.6 Å². The van der Waals surface area contributed by atoms with E-state index in [0.717, 1.165) is 34.0 Å². The number of benzene rings is 2. The number of anilines is 4. The lowest BCUT2D eigenvalue weighted by atomic mass is 10.1. The number of aromatic amines is 1. The second-order valence-corrected chi connectivity index (χ2v) is 9.15. The minimum atomic E-state index is -3.68. The quantitative estimate of drug-likeness (QED) is 0.406. The van der Waals surface area contributed by atoms with E-state index in [1.54, 1.807) is 37.1 Å². The lowest BCUT2D eigenvalue weighted by molar-refractivity contribution is 0.597. The number of nitrogens with zero attached hydrogens (tertiary/aromatic N) is 4. The summed E-state index contributed by atoms with van der Waals surface area (Å²) in [6.07, 6.45) is 1.08. The summed E-state index contributed by atoms with van der Waals surface area (Å²) in [5.41, 5.74) is 4.34. The van der Waals surface area contributed by atoms with Gasteiger partial charge in [-0.3, -0.25) is 5.10 Å². The van der Waals surface area contributed by atoms with Gasteiger partial charge in [0.25, 0.3) is 0 Å². The number of nitrogens with one attached hydrogen (secondary N) is 2. The third-order valence-corrected chi connectivity index (χ3v) is 5.84. The molecule has 11 heteroatoms. The van der Waals surface area contributed by atoms with Gasteiger partial charge in [0.05, 0.1) is 23.2 Å². The van der Waals surface area contributed by atoms with Gasteiger partial charge in [-0.2, -0.15) is 10.1 Å². The molecule has 0 bridgehead atoms. The highest BCUT2D eigenvalue weighted by atomic mass is 32.2. The zero-order valence-corrected chi connectivity index (χ0v) is 18.5. The maximum absolute atomic E-state index is 14.6. The van der Waals surface area contributed by atoms with Crippen LogP contribution < -0.4 is 15.4 Å². The summed E-state index contributed by atoms with van der Waals surface area (Å²) in [7, 11) is -1.98. The minimum absolute atomic E-state index is 0.0787. The number of sulfonamides is 1. The number of hydrogen-bond donors (Lipinski definition) is 3. The average molecular weight is 456 g/mol. The molecule has 4 aromatic rings. The average Bonchev–Trinajstić information content (AvgIpc) is 3.10. The Balaban J connectivity index is 1.63. The van der Waals surface area contributed by atoms with Crippen LogP contribution in [0.1, 0.15) is 16.8 Å². The van der Waals surface area contributed by atoms with E-state index in [1.165, 1.54) is 0 Å². The molecular weight excluding hydrogens is 433 g/mol. The van der Waals surface area contributed by atoms with Gasteiger partial charge < -0.3 is 10.2 Å². The Labute approximate surface area is 184 Å². The number of nitrogens with two attached hydrogens (primary N) is 1. The van der Waals surface area contributed by atoms with Crippen LogP contribution in [0.3, 0.4) is 0 Å². The summed E-state index contributed by atoms with van der Waals surface area (Å²) in [5.74, 6) is -0.632. The van der Waals surface area contributed by atoms with E-state index in [1.807, 2.05) is 25.1 Å². The molecule has 4 N–H and O–H groups in total. The smallest absolute Gasteiger partial charge is 0.229 e. The SMILES string of the molecule is Cc1ccc(Nc2ncc(F)c(N(C)c3ccc4c(C)n[nH]c4c3)n2)cc1CS(N)(=O)=O. The van der Waals surface area contributed by atoms with Gasteiger partial charge in [0.15, 0.2) is 11.6 Å². The number of hydrogen-bond acceptors (Lipinski definition) is 7. The van der Waals surface area contributed by atoms with Crippen LogP contribution in [0.15, 0.2) is 42.6 Å². The molecule has 0 saturated carbocycles. The summed E-state index contributed by atoms with van der Waals surface area (Å²) in [6, 6.07) is 10.8. The van der Waals surface area contributed by atoms with Gasteiger partial charge in [0.2, 0.25) is 16.0 Å². The summed E-state index contributed by atoms with van der Waals surface area (Å²) in [4.78, 5) is 9.93. The molecule has 2 heterocycles. The molecule has 0 amide bonds. The topological polar surface area (TPSA) is 130 Å². The number of rotatable bonds is 6. The van der Waals surface area contributed by atoms with Crippen LogP contribution in [0, 0.1) is 19.7 Å². The molecule has 0 aliphatic rings. The van der Waals surface area contributed by atoms with Crippen molar-refractivity contribution in [3.63, 3.8) is 0 Å². The lowest BCUT2D eigenvalue weighted by Crippen LogP contribution is -2.15. The molecule has 0 radical (unpaired) electrons. The first kappa shape index (κ1) is 21.7. The molecule has 0 aliphatic heterocycles. The summed E-state index contributed by atoms with van der Waals surface area (Å²) in [6.45, 7) is 3.70. The fourth-order valence-corrected chi connectivity index (χ4v) is 4.12. The van der Waals surface area contributed by atoms with Crippen LogP contribution in [0.4, 0.5) is 27.5 Å². The number of aromatic nitrogens is 4. The van der Waals surface area contributed by atoms with Crippen LogP contribution >= 0.6 is 0 Å². The second-order valence-electron chi connectivity index (χ2n) is 7.54. The fraction of sp³-hybridized carbons (Fsp3) is 0.190. The Morgan fingerprint density at radius 2 is 1.97 bits per heavy atom. The number of halogens is 1. The van der Waals surface area contributed by atoms with Gasteiger partial charge in [-0.25, -0.2) is 22.9 Å². The second kappa shape index (κ2) is 8.17. The van der Waals surface area contributed by atoms with Crippen LogP contribution in [-0.2, 0) is 15.8 Å². The van der Waals surface area contributed by atoms with Crippen LogP contribution in [0.25, 0.3) is 10.9 Å². The maximum Gasteiger partial charge on any atom is 0.229 e. The summed E-state index contributed by atoms with van der Waals surface area (Å²) < 4.78 is 37.5. The third kappa shape index (κ3) is 4.53. The lowest BCUT2D eigenvalue weighted by Gasteiger charge is -2.19. The van der Waals surface area contributed by atoms with E-state index < -0.39 is 15.8 Å². The van der Waals surface area contributed by atoms with Crippen molar-refractivity contribution < 1.29 is 12.8 Å². The van der Waals surface area contributed by atoms with Crippen molar-refractivity contribution in [2.75, 3.05) is 17.3 Å². The van der Waals surface area contributed by atoms with Crippen molar-refractivity contribution in [3.8, 4) is 0 Å². The largest absolute Gasteiger partial charge is 0.327 e. The molecule has 9 nitrogen and oxygen atoms in total. The van der Waals surface area contributed by atoms with E-state index in [0.29, 0.717) is 11.3 Å². The molecule has 2 aromatic carbocycles. The van der Waals surface area contributed by atoms with Gasteiger partial charge in [0.1, 0.15) is 0 Å². The Morgan fingerprint density at radius 1 is 1.19 bits per heavy atom. The van der Waals surface area contributed by atoms with Gasteiger partial charge >= 0.3 is 0 Å². The first-order valence-electron chi connectivity index (χ1n) is 9.69. The van der Waals surface area contributed by atoms with E-state index in [-0.39, 0.29) is 17.5 Å². The first-order valence-corrected chi connectivity index (χ1v) is 11.4. The Kier molecular flexibility index (Phi) is 5.53. The molecule has 4 rings (SSSR count). The summed E-state index contributed by atoms with van der Waals surface area (Å²) in [5, 5.41) is 16.3. The highest BCUT2D eigenvalue weighted by Gasteiger charge is 2.15. The van der Waals surface area contributed by atoms with Crippen LogP contribution in [0.2, 0.25) is 0 Å². The first-order chi connectivity index (χ1) is 15.1. The minimum Gasteiger partial charge on any atom is -0.327 e. The molecule has 2 aromatic heterocycles. The predicted molar refractivity (Wildman–Crippen MR) is 122 cm³/mol. The van der Waals surface area contributed by atoms with Crippen molar-refractivity contribution in [2.45, 2.75) is 19.6 Å². The van der Waals surface area contributed by atoms with Gasteiger partial charge in [0, 0.05) is 23.8 Å². The van der Waals surface area contributed by atoms with Gasteiger partial charge in [-0.1, -0.05) is 6.07 Å². The highest BCUT2D eigenvalue weighted by molar-refractivity contribution is 7.88. The fourth-order valence-electron chi connectivity index (χ4n) is 3.38. The number of H-pyrrole nitrogens is 1. The molecule has 0 spiro atoms. The molecule has 0 atom stereocenters. The maximum atomic E-state index is 14.6. The van der Waals surface area contributed by atoms with Crippen molar-refractivity contribution in [1.29, 1.82) is 0 Å². The Morgan fingerprint density at radius 3 is 2.72 bits per heavy atom. The molecule has 0 unspecified atom stereocenters. The van der Waals surface area contributed by atoms with Gasteiger partial charge in [-0.05, 0) is 55.3 Å². The molecular formula is C21H22FN7O2S. The molecule has 32 heavy (non-hydrogen) atoms. The molecule has 0 fully saturated rings. The standard InChI is InChI=1S/C21H22FN7O2S/c1-12-4-5-15(8-14(12)11-32(23,30)31)25-21-24-10-18(22)20(26-21)29(3)16-6-7-17-13(2)27-28-19(17)9-16/h4-10H,11H2,1-3H3,(H,27,28)(H2,23,30,31)(H,24,25,26). The van der Waals surface area contributed by atoms with Crippen molar-refractivity contribution in [3.05, 3.63) is 65.2 Å². The molecule has 0 aliphatic carbocycles. The Hall–Kier alpha value is -3.57. The van der Waals surface area contributed by atoms with Crippen molar-refractivity contribution in [2.24, 2.45) is 5.14 Å². The van der Waals surface area contributed by atoms with E-state index in [4.69, 9.17) is 5.14 Å². The molecule has 166 valence electrons. The number of primary sulfonamides is 1. The van der Waals surface area contributed by atoms with E-state index >= 15 is 0 Å². The zero-order chi connectivity index (χ0) is 23.0. The van der Waals surface area contributed by atoms with Gasteiger partial charge in [-0.15, -0.1) is 0 Å². The highest BCUT2D eigenvalue weighted by Crippen LogP contribution is 2.29.